The molecule has 1 aromatic carbocycles. The third-order valence-electron chi connectivity index (χ3n) is 4.72. The Morgan fingerprint density at radius 1 is 1.29 bits per heavy atom. The molecule has 1 aromatic rings. The molecule has 3 aliphatic rings. The average Bonchev–Trinajstić information content (AvgIpc) is 3.00. The van der Waals surface area contributed by atoms with Crippen molar-refractivity contribution in [2.45, 2.75) is 18.9 Å². The zero-order chi connectivity index (χ0) is 14.4. The van der Waals surface area contributed by atoms with Crippen molar-refractivity contribution in [3.8, 4) is 0 Å². The lowest BCUT2D eigenvalue weighted by Gasteiger charge is -2.18. The number of aliphatic hydroxyl groups excluding tert-OH is 1. The molecule has 0 spiro atoms. The first-order valence-corrected chi connectivity index (χ1v) is 7.40. The Kier molecular flexibility index (Phi) is 2.89. The van der Waals surface area contributed by atoms with Gasteiger partial charge in [-0.25, -0.2) is 0 Å². The minimum Gasteiger partial charge on any atom is -0.394 e. The van der Waals surface area contributed by atoms with E-state index in [0.717, 1.165) is 23.6 Å². The van der Waals surface area contributed by atoms with Gasteiger partial charge < -0.3 is 10.4 Å². The van der Waals surface area contributed by atoms with Gasteiger partial charge in [0.05, 0.1) is 18.4 Å². The SMILES string of the molecule is O=C(N[C@H](CO)c1ccccc1)C1=NN=C2C1CC1CC21. The number of nitrogens with zero attached hydrogens (tertiary/aromatic N) is 2. The number of rotatable bonds is 4. The van der Waals surface area contributed by atoms with Crippen LogP contribution in [0.1, 0.15) is 24.4 Å². The predicted molar refractivity (Wildman–Crippen MR) is 79.0 cm³/mol. The van der Waals surface area contributed by atoms with Gasteiger partial charge in [0, 0.05) is 11.8 Å². The number of benzene rings is 1. The Morgan fingerprint density at radius 3 is 2.86 bits per heavy atom. The van der Waals surface area contributed by atoms with E-state index in [4.69, 9.17) is 0 Å². The van der Waals surface area contributed by atoms with Crippen molar-refractivity contribution in [1.82, 2.24) is 5.32 Å². The van der Waals surface area contributed by atoms with Crippen LogP contribution in [-0.4, -0.2) is 29.0 Å². The fourth-order valence-corrected chi connectivity index (χ4v) is 3.48. The molecule has 4 atom stereocenters. The molecule has 0 aromatic heterocycles. The fraction of sp³-hybridized carbons (Fsp3) is 0.438. The summed E-state index contributed by atoms with van der Waals surface area (Å²) < 4.78 is 0. The van der Waals surface area contributed by atoms with Gasteiger partial charge in [-0.1, -0.05) is 30.3 Å². The molecule has 21 heavy (non-hydrogen) atoms. The summed E-state index contributed by atoms with van der Waals surface area (Å²) in [7, 11) is 0. The van der Waals surface area contributed by atoms with Gasteiger partial charge in [-0.15, -0.1) is 5.10 Å². The summed E-state index contributed by atoms with van der Waals surface area (Å²) in [5.74, 6) is 1.20. The summed E-state index contributed by atoms with van der Waals surface area (Å²) in [4.78, 5) is 12.4. The van der Waals surface area contributed by atoms with Crippen LogP contribution < -0.4 is 5.32 Å². The highest BCUT2D eigenvalue weighted by Crippen LogP contribution is 2.54. The zero-order valence-corrected chi connectivity index (χ0v) is 11.6. The zero-order valence-electron chi connectivity index (χ0n) is 11.6. The van der Waals surface area contributed by atoms with Crippen molar-refractivity contribution in [3.63, 3.8) is 0 Å². The van der Waals surface area contributed by atoms with E-state index in [1.807, 2.05) is 30.3 Å². The van der Waals surface area contributed by atoms with Crippen LogP contribution in [0.5, 0.6) is 0 Å². The molecule has 2 aliphatic carbocycles. The number of carbonyl (C=O) groups excluding carboxylic acids is 1. The van der Waals surface area contributed by atoms with Crippen molar-refractivity contribution < 1.29 is 9.90 Å². The summed E-state index contributed by atoms with van der Waals surface area (Å²) in [5.41, 5.74) is 2.51. The smallest absolute Gasteiger partial charge is 0.268 e. The Labute approximate surface area is 122 Å². The third kappa shape index (κ3) is 2.08. The molecular formula is C16H17N3O2. The number of hydrogen-bond acceptors (Lipinski definition) is 4. The van der Waals surface area contributed by atoms with E-state index in [1.54, 1.807) is 0 Å². The first kappa shape index (κ1) is 12.7. The van der Waals surface area contributed by atoms with E-state index >= 15 is 0 Å². The van der Waals surface area contributed by atoms with Crippen LogP contribution in [0.2, 0.25) is 0 Å². The van der Waals surface area contributed by atoms with Crippen molar-refractivity contribution in [1.29, 1.82) is 0 Å². The van der Waals surface area contributed by atoms with Crippen LogP contribution in [-0.2, 0) is 4.79 Å². The third-order valence-corrected chi connectivity index (χ3v) is 4.72. The largest absolute Gasteiger partial charge is 0.394 e. The van der Waals surface area contributed by atoms with Gasteiger partial charge in [0.15, 0.2) is 0 Å². The highest BCUT2D eigenvalue weighted by atomic mass is 16.3. The van der Waals surface area contributed by atoms with E-state index in [2.05, 4.69) is 15.5 Å². The Bertz CT molecular complexity index is 638. The number of hydrogen-bond donors (Lipinski definition) is 2. The predicted octanol–water partition coefficient (Wildman–Crippen LogP) is 1.30. The summed E-state index contributed by atoms with van der Waals surface area (Å²) in [6.07, 6.45) is 2.22. The number of amides is 1. The second kappa shape index (κ2) is 4.77. The molecule has 2 saturated carbocycles. The minimum absolute atomic E-state index is 0.115. The van der Waals surface area contributed by atoms with E-state index in [-0.39, 0.29) is 18.4 Å². The molecule has 108 valence electrons. The molecule has 0 saturated heterocycles. The van der Waals surface area contributed by atoms with Gasteiger partial charge in [0.25, 0.3) is 5.91 Å². The van der Waals surface area contributed by atoms with E-state index < -0.39 is 6.04 Å². The summed E-state index contributed by atoms with van der Waals surface area (Å²) in [6.45, 7) is -0.132. The topological polar surface area (TPSA) is 74.0 Å². The standard InChI is InChI=1S/C16H17N3O2/c20-8-13(9-4-2-1-3-5-9)17-16(21)15-12-7-10-6-11(10)14(12)18-19-15/h1-5,10-13,20H,6-8H2,(H,17,21)/t10?,11?,12?,13-/m1/s1. The molecule has 1 aliphatic heterocycles. The first-order chi connectivity index (χ1) is 10.3. The van der Waals surface area contributed by atoms with Gasteiger partial charge in [-0.2, -0.15) is 5.10 Å². The molecule has 5 nitrogen and oxygen atoms in total. The number of carbonyl (C=O) groups is 1. The second-order valence-electron chi connectivity index (χ2n) is 6.02. The first-order valence-electron chi connectivity index (χ1n) is 7.40. The monoisotopic (exact) mass is 283 g/mol. The van der Waals surface area contributed by atoms with E-state index in [1.165, 1.54) is 6.42 Å². The van der Waals surface area contributed by atoms with Crippen molar-refractivity contribution in [2.24, 2.45) is 28.0 Å². The molecule has 3 unspecified atom stereocenters. The lowest BCUT2D eigenvalue weighted by atomic mass is 9.95. The highest BCUT2D eigenvalue weighted by Gasteiger charge is 2.55. The molecule has 0 radical (unpaired) electrons. The van der Waals surface area contributed by atoms with Gasteiger partial charge in [0.2, 0.25) is 0 Å². The number of aliphatic hydroxyl groups is 1. The summed E-state index contributed by atoms with van der Waals surface area (Å²) in [6, 6.07) is 9.08. The molecule has 2 fully saturated rings. The lowest BCUT2D eigenvalue weighted by Crippen LogP contribution is -2.39. The second-order valence-corrected chi connectivity index (χ2v) is 6.02. The van der Waals surface area contributed by atoms with Crippen LogP contribution in [0.3, 0.4) is 0 Å². The highest BCUT2D eigenvalue weighted by molar-refractivity contribution is 6.45. The van der Waals surface area contributed by atoms with E-state index in [9.17, 15) is 9.90 Å². The van der Waals surface area contributed by atoms with Crippen LogP contribution in [0.15, 0.2) is 40.5 Å². The van der Waals surface area contributed by atoms with E-state index in [0.29, 0.717) is 11.6 Å². The van der Waals surface area contributed by atoms with Gasteiger partial charge in [0.1, 0.15) is 5.71 Å². The lowest BCUT2D eigenvalue weighted by molar-refractivity contribution is -0.116. The quantitative estimate of drug-likeness (QED) is 0.874. The van der Waals surface area contributed by atoms with Crippen LogP contribution in [0.4, 0.5) is 0 Å². The fourth-order valence-electron chi connectivity index (χ4n) is 3.48. The van der Waals surface area contributed by atoms with Crippen molar-refractivity contribution >= 4 is 17.3 Å². The maximum absolute atomic E-state index is 12.4. The maximum atomic E-state index is 12.4. The summed E-state index contributed by atoms with van der Waals surface area (Å²) >= 11 is 0. The average molecular weight is 283 g/mol. The molecule has 1 amide bonds. The molecule has 4 rings (SSSR count). The molecule has 2 N–H and O–H groups in total. The molecule has 0 bridgehead atoms. The number of nitrogens with one attached hydrogen (secondary N) is 1. The van der Waals surface area contributed by atoms with Crippen LogP contribution >= 0.6 is 0 Å². The van der Waals surface area contributed by atoms with Gasteiger partial charge >= 0.3 is 0 Å². The van der Waals surface area contributed by atoms with Gasteiger partial charge in [-0.05, 0) is 24.3 Å². The van der Waals surface area contributed by atoms with Crippen molar-refractivity contribution in [3.05, 3.63) is 35.9 Å². The van der Waals surface area contributed by atoms with Crippen LogP contribution in [0.25, 0.3) is 0 Å². The normalized spacial score (nSPS) is 30.0. The minimum atomic E-state index is -0.401. The molecule has 5 heteroatoms. The van der Waals surface area contributed by atoms with Crippen LogP contribution in [0, 0.1) is 17.8 Å². The molecular weight excluding hydrogens is 266 g/mol. The number of fused-ring (bicyclic) bond motifs is 3. The summed E-state index contributed by atoms with van der Waals surface area (Å²) in [5, 5.41) is 20.7. The Balaban J connectivity index is 1.46. The molecule has 1 heterocycles. The maximum Gasteiger partial charge on any atom is 0.268 e. The Hall–Kier alpha value is -2.01. The van der Waals surface area contributed by atoms with Crippen molar-refractivity contribution in [2.75, 3.05) is 6.61 Å². The Morgan fingerprint density at radius 2 is 2.10 bits per heavy atom. The van der Waals surface area contributed by atoms with Gasteiger partial charge in [-0.3, -0.25) is 4.79 Å².